The Morgan fingerprint density at radius 3 is 2.91 bits per heavy atom. The molecule has 1 heterocycles. The Bertz CT molecular complexity index is 248. The molecule has 60 valence electrons. The second-order valence-electron chi connectivity index (χ2n) is 2.73. The number of hydrogen-bond acceptors (Lipinski definition) is 1. The number of hydrogen-bond donors (Lipinski definition) is 0. The molecule has 0 N–H and O–H groups in total. The maximum absolute atomic E-state index is 4.16. The molecular weight excluding hydrogens is 136 g/mol. The first kappa shape index (κ1) is 8.05. The lowest BCUT2D eigenvalue weighted by atomic mass is 10.2. The molecule has 0 bridgehead atoms. The zero-order chi connectivity index (χ0) is 8.27. The van der Waals surface area contributed by atoms with Gasteiger partial charge in [0.25, 0.3) is 0 Å². The van der Waals surface area contributed by atoms with Gasteiger partial charge in [0.2, 0.25) is 0 Å². The van der Waals surface area contributed by atoms with E-state index in [2.05, 4.69) is 25.5 Å². The highest BCUT2D eigenvalue weighted by Gasteiger charge is 1.96. The Morgan fingerprint density at radius 1 is 1.73 bits per heavy atom. The third kappa shape index (κ3) is 1.93. The van der Waals surface area contributed by atoms with Crippen LogP contribution in [0.25, 0.3) is 0 Å². The average molecular weight is 150 g/mol. The summed E-state index contributed by atoms with van der Waals surface area (Å²) in [4.78, 5) is 0. The van der Waals surface area contributed by atoms with Gasteiger partial charge in [-0.2, -0.15) is 5.10 Å². The van der Waals surface area contributed by atoms with E-state index in [0.29, 0.717) is 0 Å². The molecular formula is C9H14N2. The SMILES string of the molecule is C=C(CC)Cn1nccc1C. The van der Waals surface area contributed by atoms with Gasteiger partial charge in [-0.25, -0.2) is 0 Å². The van der Waals surface area contributed by atoms with Crippen molar-refractivity contribution in [3.63, 3.8) is 0 Å². The van der Waals surface area contributed by atoms with Crippen molar-refractivity contribution in [2.24, 2.45) is 0 Å². The maximum atomic E-state index is 4.16. The summed E-state index contributed by atoms with van der Waals surface area (Å²) in [5.74, 6) is 0. The molecule has 1 aromatic rings. The monoisotopic (exact) mass is 150 g/mol. The van der Waals surface area contributed by atoms with Crippen molar-refractivity contribution in [1.29, 1.82) is 0 Å². The zero-order valence-corrected chi connectivity index (χ0v) is 7.17. The molecule has 2 heteroatoms. The second-order valence-corrected chi connectivity index (χ2v) is 2.73. The summed E-state index contributed by atoms with van der Waals surface area (Å²) in [7, 11) is 0. The highest BCUT2D eigenvalue weighted by atomic mass is 15.3. The minimum absolute atomic E-state index is 0.856. The van der Waals surface area contributed by atoms with Crippen molar-refractivity contribution >= 4 is 0 Å². The molecule has 1 aromatic heterocycles. The van der Waals surface area contributed by atoms with Crippen LogP contribution in [-0.2, 0) is 6.54 Å². The molecule has 0 amide bonds. The zero-order valence-electron chi connectivity index (χ0n) is 7.17. The first-order valence-corrected chi connectivity index (χ1v) is 3.89. The van der Waals surface area contributed by atoms with Gasteiger partial charge in [0.05, 0.1) is 6.54 Å². The van der Waals surface area contributed by atoms with Crippen molar-refractivity contribution in [1.82, 2.24) is 9.78 Å². The largest absolute Gasteiger partial charge is 0.266 e. The number of aromatic nitrogens is 2. The Labute approximate surface area is 67.5 Å². The number of aryl methyl sites for hydroxylation is 1. The van der Waals surface area contributed by atoms with E-state index in [0.717, 1.165) is 13.0 Å². The van der Waals surface area contributed by atoms with Crippen molar-refractivity contribution < 1.29 is 0 Å². The summed E-state index contributed by atoms with van der Waals surface area (Å²) < 4.78 is 1.96. The van der Waals surface area contributed by atoms with Gasteiger partial charge in [0, 0.05) is 11.9 Å². The van der Waals surface area contributed by atoms with Crippen molar-refractivity contribution in [3.8, 4) is 0 Å². The predicted molar refractivity (Wildman–Crippen MR) is 46.4 cm³/mol. The Morgan fingerprint density at radius 2 is 2.45 bits per heavy atom. The molecule has 11 heavy (non-hydrogen) atoms. The Kier molecular flexibility index (Phi) is 2.47. The van der Waals surface area contributed by atoms with Gasteiger partial charge < -0.3 is 0 Å². The van der Waals surface area contributed by atoms with Crippen molar-refractivity contribution in [2.75, 3.05) is 0 Å². The fraction of sp³-hybridized carbons (Fsp3) is 0.444. The van der Waals surface area contributed by atoms with Crippen LogP contribution in [0.15, 0.2) is 24.4 Å². The molecule has 0 atom stereocenters. The van der Waals surface area contributed by atoms with Crippen LogP contribution in [-0.4, -0.2) is 9.78 Å². The van der Waals surface area contributed by atoms with E-state index in [4.69, 9.17) is 0 Å². The van der Waals surface area contributed by atoms with E-state index in [1.165, 1.54) is 11.3 Å². The molecule has 0 aliphatic rings. The summed E-state index contributed by atoms with van der Waals surface area (Å²) in [6.45, 7) is 8.95. The highest BCUT2D eigenvalue weighted by molar-refractivity contribution is 5.01. The third-order valence-electron chi connectivity index (χ3n) is 1.80. The van der Waals surface area contributed by atoms with E-state index in [9.17, 15) is 0 Å². The molecule has 0 unspecified atom stereocenters. The molecule has 0 radical (unpaired) electrons. The van der Waals surface area contributed by atoms with Crippen molar-refractivity contribution in [2.45, 2.75) is 26.8 Å². The van der Waals surface area contributed by atoms with Crippen LogP contribution < -0.4 is 0 Å². The van der Waals surface area contributed by atoms with Gasteiger partial charge >= 0.3 is 0 Å². The van der Waals surface area contributed by atoms with E-state index in [1.54, 1.807) is 0 Å². The lowest BCUT2D eigenvalue weighted by Crippen LogP contribution is -2.03. The fourth-order valence-corrected chi connectivity index (χ4v) is 0.888. The Hall–Kier alpha value is -1.05. The smallest absolute Gasteiger partial charge is 0.0619 e. The summed E-state index contributed by atoms with van der Waals surface area (Å²) in [5.41, 5.74) is 2.41. The summed E-state index contributed by atoms with van der Waals surface area (Å²) in [6, 6.07) is 2.00. The van der Waals surface area contributed by atoms with E-state index in [1.807, 2.05) is 16.9 Å². The maximum Gasteiger partial charge on any atom is 0.0619 e. The standard InChI is InChI=1S/C9H14N2/c1-4-8(2)7-11-9(3)5-6-10-11/h5-6H,2,4,7H2,1,3H3. The number of rotatable bonds is 3. The van der Waals surface area contributed by atoms with Crippen LogP contribution in [0.1, 0.15) is 19.0 Å². The molecule has 0 aromatic carbocycles. The fourth-order valence-electron chi connectivity index (χ4n) is 0.888. The van der Waals surface area contributed by atoms with Crippen LogP contribution in [0.3, 0.4) is 0 Å². The lowest BCUT2D eigenvalue weighted by molar-refractivity contribution is 0.645. The van der Waals surface area contributed by atoms with Crippen LogP contribution in [0.4, 0.5) is 0 Å². The van der Waals surface area contributed by atoms with Gasteiger partial charge in [-0.1, -0.05) is 19.1 Å². The van der Waals surface area contributed by atoms with Gasteiger partial charge in [-0.3, -0.25) is 4.68 Å². The van der Waals surface area contributed by atoms with E-state index in [-0.39, 0.29) is 0 Å². The summed E-state index contributed by atoms with van der Waals surface area (Å²) >= 11 is 0. The van der Waals surface area contributed by atoms with Crippen LogP contribution in [0.2, 0.25) is 0 Å². The van der Waals surface area contributed by atoms with Crippen LogP contribution in [0.5, 0.6) is 0 Å². The van der Waals surface area contributed by atoms with Gasteiger partial charge in [-0.05, 0) is 19.4 Å². The topological polar surface area (TPSA) is 17.8 Å². The van der Waals surface area contributed by atoms with Crippen LogP contribution >= 0.6 is 0 Å². The molecule has 1 rings (SSSR count). The molecule has 0 aliphatic heterocycles. The second kappa shape index (κ2) is 3.37. The molecule has 0 spiro atoms. The van der Waals surface area contributed by atoms with E-state index < -0.39 is 0 Å². The van der Waals surface area contributed by atoms with Gasteiger partial charge in [0.1, 0.15) is 0 Å². The first-order chi connectivity index (χ1) is 5.24. The average Bonchev–Trinajstić information content (AvgIpc) is 2.37. The van der Waals surface area contributed by atoms with Gasteiger partial charge in [0.15, 0.2) is 0 Å². The number of allylic oxidation sites excluding steroid dienone is 1. The van der Waals surface area contributed by atoms with Crippen molar-refractivity contribution in [3.05, 3.63) is 30.1 Å². The van der Waals surface area contributed by atoms with E-state index >= 15 is 0 Å². The molecule has 2 nitrogen and oxygen atoms in total. The minimum atomic E-state index is 0.856. The molecule has 0 fully saturated rings. The molecule has 0 saturated carbocycles. The Balaban J connectivity index is 2.64. The minimum Gasteiger partial charge on any atom is -0.266 e. The third-order valence-corrected chi connectivity index (χ3v) is 1.80. The summed E-state index contributed by atoms with van der Waals surface area (Å²) in [5, 5.41) is 4.16. The highest BCUT2D eigenvalue weighted by Crippen LogP contribution is 2.03. The van der Waals surface area contributed by atoms with Crippen LogP contribution in [0, 0.1) is 6.92 Å². The number of nitrogens with zero attached hydrogens (tertiary/aromatic N) is 2. The lowest BCUT2D eigenvalue weighted by Gasteiger charge is -2.04. The first-order valence-electron chi connectivity index (χ1n) is 3.89. The quantitative estimate of drug-likeness (QED) is 0.604. The molecule has 0 aliphatic carbocycles. The normalized spacial score (nSPS) is 10.0. The van der Waals surface area contributed by atoms with Gasteiger partial charge in [-0.15, -0.1) is 0 Å². The summed E-state index contributed by atoms with van der Waals surface area (Å²) in [6.07, 6.45) is 2.84. The molecule has 0 saturated heterocycles. The predicted octanol–water partition coefficient (Wildman–Crippen LogP) is 2.16.